The average Bonchev–Trinajstić information content (AvgIpc) is 3.11. The van der Waals surface area contributed by atoms with Gasteiger partial charge in [0.05, 0.1) is 6.54 Å². The topological polar surface area (TPSA) is 58.6 Å². The third-order valence-corrected chi connectivity index (χ3v) is 4.95. The second-order valence-electron chi connectivity index (χ2n) is 5.65. The van der Waals surface area contributed by atoms with E-state index in [4.69, 9.17) is 4.74 Å². The summed E-state index contributed by atoms with van der Waals surface area (Å²) >= 11 is 1.46. The Labute approximate surface area is 138 Å². The molecule has 3 amide bonds. The Morgan fingerprint density at radius 3 is 2.78 bits per heavy atom. The number of hydrogen-bond acceptors (Lipinski definition) is 4. The number of hydrogen-bond donors (Lipinski definition) is 1. The second kappa shape index (κ2) is 6.04. The van der Waals surface area contributed by atoms with Gasteiger partial charge in [0.1, 0.15) is 12.4 Å². The lowest BCUT2D eigenvalue weighted by Gasteiger charge is -2.20. The van der Waals surface area contributed by atoms with Crippen LogP contribution in [0.3, 0.4) is 0 Å². The van der Waals surface area contributed by atoms with Crippen LogP contribution in [0.1, 0.15) is 17.4 Å². The molecule has 2 heterocycles. The normalized spacial score (nSPS) is 20.7. The lowest BCUT2D eigenvalue weighted by atomic mass is 10.0. The maximum atomic E-state index is 12.6. The van der Waals surface area contributed by atoms with Gasteiger partial charge in [-0.3, -0.25) is 9.69 Å². The zero-order valence-electron chi connectivity index (χ0n) is 13.0. The van der Waals surface area contributed by atoms with E-state index in [9.17, 15) is 9.59 Å². The minimum Gasteiger partial charge on any atom is -0.492 e. The second-order valence-corrected chi connectivity index (χ2v) is 6.60. The highest BCUT2D eigenvalue weighted by molar-refractivity contribution is 7.10. The molecule has 0 radical (unpaired) electrons. The van der Waals surface area contributed by atoms with Crippen LogP contribution in [-0.4, -0.2) is 30.0 Å². The number of rotatable bonds is 5. The lowest BCUT2D eigenvalue weighted by Crippen LogP contribution is -2.40. The maximum absolute atomic E-state index is 12.6. The van der Waals surface area contributed by atoms with Gasteiger partial charge in [-0.2, -0.15) is 0 Å². The Morgan fingerprint density at radius 1 is 1.26 bits per heavy atom. The fourth-order valence-corrected chi connectivity index (χ4v) is 3.42. The van der Waals surface area contributed by atoms with Crippen LogP contribution < -0.4 is 10.1 Å². The van der Waals surface area contributed by atoms with E-state index >= 15 is 0 Å². The number of nitrogens with zero attached hydrogens (tertiary/aromatic N) is 1. The zero-order valence-corrected chi connectivity index (χ0v) is 13.9. The van der Waals surface area contributed by atoms with E-state index in [1.807, 2.05) is 48.7 Å². The fraction of sp³-hybridized carbons (Fsp3) is 0.294. The van der Waals surface area contributed by atoms with Gasteiger partial charge in [-0.1, -0.05) is 18.2 Å². The van der Waals surface area contributed by atoms with Gasteiger partial charge in [-0.25, -0.2) is 4.79 Å². The van der Waals surface area contributed by atoms with Gasteiger partial charge in [-0.15, -0.1) is 11.3 Å². The van der Waals surface area contributed by atoms with Gasteiger partial charge >= 0.3 is 6.03 Å². The molecule has 1 fully saturated rings. The number of carbonyl (C=O) groups is 2. The van der Waals surface area contributed by atoms with Gasteiger partial charge in [0.2, 0.25) is 0 Å². The SMILES string of the molecule is Cc1cccc(OCCN2C(=O)NC(C)(c3cccs3)C2=O)c1. The standard InChI is InChI=1S/C17H18N2O3S/c1-12-5-3-6-13(11-12)22-9-8-19-15(20)17(2,18-16(19)21)14-7-4-10-23-14/h3-7,10-11H,8-9H2,1-2H3,(H,18,21). The molecule has 0 bridgehead atoms. The monoisotopic (exact) mass is 330 g/mol. The number of thiophene rings is 1. The van der Waals surface area contributed by atoms with Crippen LogP contribution in [-0.2, 0) is 10.3 Å². The number of carbonyl (C=O) groups excluding carboxylic acids is 2. The van der Waals surface area contributed by atoms with Gasteiger partial charge < -0.3 is 10.1 Å². The number of ether oxygens (including phenoxy) is 1. The van der Waals surface area contributed by atoms with Crippen LogP contribution in [0.4, 0.5) is 4.79 Å². The Hall–Kier alpha value is -2.34. The number of nitrogens with one attached hydrogen (secondary N) is 1. The van der Waals surface area contributed by atoms with Crippen LogP contribution in [0.25, 0.3) is 0 Å². The van der Waals surface area contributed by atoms with Crippen molar-refractivity contribution in [2.45, 2.75) is 19.4 Å². The van der Waals surface area contributed by atoms with E-state index in [1.165, 1.54) is 16.2 Å². The highest BCUT2D eigenvalue weighted by Gasteiger charge is 2.49. The number of imide groups is 1. The molecule has 1 aliphatic rings. The number of amides is 3. The Morgan fingerprint density at radius 2 is 2.09 bits per heavy atom. The minimum absolute atomic E-state index is 0.222. The van der Waals surface area contributed by atoms with Crippen LogP contribution in [0.15, 0.2) is 41.8 Å². The van der Waals surface area contributed by atoms with E-state index in [0.717, 1.165) is 16.2 Å². The van der Waals surface area contributed by atoms with Crippen molar-refractivity contribution in [1.29, 1.82) is 0 Å². The summed E-state index contributed by atoms with van der Waals surface area (Å²) in [7, 11) is 0. The lowest BCUT2D eigenvalue weighted by molar-refractivity contribution is -0.131. The van der Waals surface area contributed by atoms with Crippen molar-refractivity contribution in [2.75, 3.05) is 13.2 Å². The molecule has 3 rings (SSSR count). The highest BCUT2D eigenvalue weighted by Crippen LogP contribution is 2.31. The van der Waals surface area contributed by atoms with Crippen molar-refractivity contribution in [3.05, 3.63) is 52.2 Å². The van der Waals surface area contributed by atoms with Crippen molar-refractivity contribution in [1.82, 2.24) is 10.2 Å². The van der Waals surface area contributed by atoms with Gasteiger partial charge in [-0.05, 0) is 43.0 Å². The molecular weight excluding hydrogens is 312 g/mol. The Bertz CT molecular complexity index is 729. The average molecular weight is 330 g/mol. The van der Waals surface area contributed by atoms with Crippen LogP contribution in [0, 0.1) is 6.92 Å². The molecular formula is C17H18N2O3S. The molecule has 23 heavy (non-hydrogen) atoms. The summed E-state index contributed by atoms with van der Waals surface area (Å²) in [5.74, 6) is 0.496. The summed E-state index contributed by atoms with van der Waals surface area (Å²) in [6.07, 6.45) is 0. The highest BCUT2D eigenvalue weighted by atomic mass is 32.1. The first-order valence-electron chi connectivity index (χ1n) is 7.38. The molecule has 1 aliphatic heterocycles. The Balaban J connectivity index is 1.65. The molecule has 0 saturated carbocycles. The largest absolute Gasteiger partial charge is 0.492 e. The smallest absolute Gasteiger partial charge is 0.325 e. The molecule has 0 aliphatic carbocycles. The van der Waals surface area contributed by atoms with Gasteiger partial charge in [0.25, 0.3) is 5.91 Å². The van der Waals surface area contributed by atoms with Gasteiger partial charge in [0, 0.05) is 4.88 Å². The summed E-state index contributed by atoms with van der Waals surface area (Å²) < 4.78 is 5.63. The van der Waals surface area contributed by atoms with E-state index in [2.05, 4.69) is 5.32 Å². The van der Waals surface area contributed by atoms with Crippen molar-refractivity contribution in [2.24, 2.45) is 0 Å². The summed E-state index contributed by atoms with van der Waals surface area (Å²) in [4.78, 5) is 26.8. The minimum atomic E-state index is -0.978. The van der Waals surface area contributed by atoms with Crippen molar-refractivity contribution in [3.63, 3.8) is 0 Å². The van der Waals surface area contributed by atoms with E-state index in [-0.39, 0.29) is 25.1 Å². The molecule has 1 aromatic carbocycles. The van der Waals surface area contributed by atoms with Crippen LogP contribution in [0.5, 0.6) is 5.75 Å². The summed E-state index contributed by atoms with van der Waals surface area (Å²) in [5.41, 5.74) is 0.122. The molecule has 1 atom stereocenters. The Kier molecular flexibility index (Phi) is 4.09. The zero-order chi connectivity index (χ0) is 16.4. The predicted molar refractivity (Wildman–Crippen MR) is 88.6 cm³/mol. The number of benzene rings is 1. The molecule has 120 valence electrons. The summed E-state index contributed by atoms with van der Waals surface area (Å²) in [6.45, 7) is 4.21. The third kappa shape index (κ3) is 2.94. The number of urea groups is 1. The van der Waals surface area contributed by atoms with Gasteiger partial charge in [0.15, 0.2) is 5.54 Å². The van der Waals surface area contributed by atoms with Crippen LogP contribution >= 0.6 is 11.3 Å². The molecule has 0 spiro atoms. The summed E-state index contributed by atoms with van der Waals surface area (Å²) in [5, 5.41) is 4.67. The fourth-order valence-electron chi connectivity index (χ4n) is 2.59. The van der Waals surface area contributed by atoms with Crippen molar-refractivity contribution >= 4 is 23.3 Å². The maximum Gasteiger partial charge on any atom is 0.325 e. The van der Waals surface area contributed by atoms with E-state index in [1.54, 1.807) is 6.92 Å². The first-order valence-corrected chi connectivity index (χ1v) is 8.26. The third-order valence-electron chi connectivity index (χ3n) is 3.86. The van der Waals surface area contributed by atoms with Crippen molar-refractivity contribution < 1.29 is 14.3 Å². The van der Waals surface area contributed by atoms with Crippen molar-refractivity contribution in [3.8, 4) is 5.75 Å². The molecule has 1 N–H and O–H groups in total. The summed E-state index contributed by atoms with van der Waals surface area (Å²) in [6, 6.07) is 11.0. The molecule has 5 nitrogen and oxygen atoms in total. The molecule has 2 aromatic rings. The number of aryl methyl sites for hydroxylation is 1. The first kappa shape index (κ1) is 15.6. The predicted octanol–water partition coefficient (Wildman–Crippen LogP) is 2.90. The van der Waals surface area contributed by atoms with E-state index in [0.29, 0.717) is 0 Å². The molecule has 1 saturated heterocycles. The van der Waals surface area contributed by atoms with E-state index < -0.39 is 5.54 Å². The first-order chi connectivity index (χ1) is 11.0. The molecule has 6 heteroatoms. The quantitative estimate of drug-likeness (QED) is 0.858. The molecule has 1 aromatic heterocycles. The molecule has 1 unspecified atom stereocenters. The van der Waals surface area contributed by atoms with Crippen LogP contribution in [0.2, 0.25) is 0 Å².